The number of hydrogen-bond donors (Lipinski definition) is 1. The highest BCUT2D eigenvalue weighted by molar-refractivity contribution is 5.34. The molecule has 0 amide bonds. The molecule has 2 fully saturated rings. The Labute approximate surface area is 104 Å². The normalized spacial score (nSPS) is 23.6. The highest BCUT2D eigenvalue weighted by Gasteiger charge is 2.34. The minimum atomic E-state index is 0.305. The first-order valence-corrected chi connectivity index (χ1v) is 7.15. The van der Waals surface area contributed by atoms with Crippen molar-refractivity contribution in [3.63, 3.8) is 0 Å². The van der Waals surface area contributed by atoms with Crippen molar-refractivity contribution in [3.8, 4) is 0 Å². The molecule has 0 saturated heterocycles. The smallest absolute Gasteiger partial charge is 0.00756 e. The Morgan fingerprint density at radius 2 is 1.88 bits per heavy atom. The standard InChI is InChI=1S/C16H23N/c17-12-16(9-1-2-10-16)15-8-4-7-14(11-15)13-5-3-6-13/h4,7-8,11,13H,1-3,5-6,9-10,12,17H2. The lowest BCUT2D eigenvalue weighted by molar-refractivity contribution is 0.415. The van der Waals surface area contributed by atoms with Crippen molar-refractivity contribution in [2.75, 3.05) is 6.54 Å². The van der Waals surface area contributed by atoms with E-state index in [2.05, 4.69) is 24.3 Å². The zero-order chi connectivity index (χ0) is 11.7. The van der Waals surface area contributed by atoms with E-state index in [0.717, 1.165) is 12.5 Å². The fourth-order valence-electron chi connectivity index (χ4n) is 3.53. The number of rotatable bonds is 3. The first kappa shape index (κ1) is 11.3. The van der Waals surface area contributed by atoms with Crippen LogP contribution in [0.25, 0.3) is 0 Å². The summed E-state index contributed by atoms with van der Waals surface area (Å²) in [5.74, 6) is 0.839. The molecule has 0 bridgehead atoms. The maximum atomic E-state index is 6.07. The van der Waals surface area contributed by atoms with E-state index >= 15 is 0 Å². The van der Waals surface area contributed by atoms with E-state index in [9.17, 15) is 0 Å². The van der Waals surface area contributed by atoms with Crippen molar-refractivity contribution in [1.82, 2.24) is 0 Å². The molecule has 0 spiro atoms. The molecule has 2 aliphatic carbocycles. The molecule has 0 aromatic heterocycles. The van der Waals surface area contributed by atoms with Gasteiger partial charge in [0.25, 0.3) is 0 Å². The zero-order valence-corrected chi connectivity index (χ0v) is 10.6. The predicted octanol–water partition coefficient (Wildman–Crippen LogP) is 3.72. The summed E-state index contributed by atoms with van der Waals surface area (Å²) in [7, 11) is 0. The molecule has 3 rings (SSSR count). The molecule has 17 heavy (non-hydrogen) atoms. The lowest BCUT2D eigenvalue weighted by atomic mass is 9.75. The summed E-state index contributed by atoms with van der Waals surface area (Å²) >= 11 is 0. The highest BCUT2D eigenvalue weighted by Crippen LogP contribution is 2.42. The van der Waals surface area contributed by atoms with Crippen LogP contribution < -0.4 is 5.73 Å². The van der Waals surface area contributed by atoms with Gasteiger partial charge in [-0.3, -0.25) is 0 Å². The third-order valence-corrected chi connectivity index (χ3v) is 5.03. The van der Waals surface area contributed by atoms with Crippen LogP contribution >= 0.6 is 0 Å². The maximum Gasteiger partial charge on any atom is 0.00756 e. The zero-order valence-electron chi connectivity index (χ0n) is 10.6. The van der Waals surface area contributed by atoms with E-state index in [1.165, 1.54) is 50.5 Å². The van der Waals surface area contributed by atoms with Crippen LogP contribution in [0, 0.1) is 0 Å². The Morgan fingerprint density at radius 3 is 2.47 bits per heavy atom. The molecule has 2 saturated carbocycles. The summed E-state index contributed by atoms with van der Waals surface area (Å²) in [5, 5.41) is 0. The van der Waals surface area contributed by atoms with Crippen LogP contribution in [0.1, 0.15) is 62.0 Å². The third-order valence-electron chi connectivity index (χ3n) is 5.03. The first-order chi connectivity index (χ1) is 8.34. The largest absolute Gasteiger partial charge is 0.330 e. The average molecular weight is 229 g/mol. The molecule has 1 aromatic rings. The van der Waals surface area contributed by atoms with Gasteiger partial charge >= 0.3 is 0 Å². The van der Waals surface area contributed by atoms with Crippen LogP contribution in [0.3, 0.4) is 0 Å². The molecule has 1 aromatic carbocycles. The lowest BCUT2D eigenvalue weighted by Crippen LogP contribution is -2.32. The quantitative estimate of drug-likeness (QED) is 0.839. The van der Waals surface area contributed by atoms with Crippen molar-refractivity contribution in [2.24, 2.45) is 5.73 Å². The van der Waals surface area contributed by atoms with Crippen LogP contribution in [-0.4, -0.2) is 6.54 Å². The summed E-state index contributed by atoms with van der Waals surface area (Å²) in [4.78, 5) is 0. The molecular formula is C16H23N. The average Bonchev–Trinajstić information content (AvgIpc) is 2.77. The van der Waals surface area contributed by atoms with E-state index < -0.39 is 0 Å². The van der Waals surface area contributed by atoms with Gasteiger partial charge in [-0.1, -0.05) is 43.5 Å². The van der Waals surface area contributed by atoms with Crippen molar-refractivity contribution in [1.29, 1.82) is 0 Å². The second kappa shape index (κ2) is 4.45. The van der Waals surface area contributed by atoms with Crippen LogP contribution in [0.4, 0.5) is 0 Å². The monoisotopic (exact) mass is 229 g/mol. The molecule has 1 nitrogen and oxygen atoms in total. The van der Waals surface area contributed by atoms with Gasteiger partial charge in [-0.25, -0.2) is 0 Å². The molecule has 0 unspecified atom stereocenters. The molecule has 2 aliphatic rings. The molecule has 0 atom stereocenters. The Balaban J connectivity index is 1.90. The van der Waals surface area contributed by atoms with Crippen molar-refractivity contribution in [3.05, 3.63) is 35.4 Å². The predicted molar refractivity (Wildman–Crippen MR) is 72.2 cm³/mol. The maximum absolute atomic E-state index is 6.07. The van der Waals surface area contributed by atoms with Gasteiger partial charge in [0.05, 0.1) is 0 Å². The fraction of sp³-hybridized carbons (Fsp3) is 0.625. The van der Waals surface area contributed by atoms with Crippen molar-refractivity contribution >= 4 is 0 Å². The van der Waals surface area contributed by atoms with Crippen LogP contribution in [0.15, 0.2) is 24.3 Å². The van der Waals surface area contributed by atoms with E-state index in [4.69, 9.17) is 5.73 Å². The molecule has 1 heteroatoms. The molecule has 0 aliphatic heterocycles. The van der Waals surface area contributed by atoms with Gasteiger partial charge < -0.3 is 5.73 Å². The first-order valence-electron chi connectivity index (χ1n) is 7.15. The third kappa shape index (κ3) is 1.91. The Kier molecular flexibility index (Phi) is 2.96. The number of hydrogen-bond acceptors (Lipinski definition) is 1. The van der Waals surface area contributed by atoms with Gasteiger partial charge in [-0.15, -0.1) is 0 Å². The van der Waals surface area contributed by atoms with E-state index in [1.807, 2.05) is 0 Å². The minimum Gasteiger partial charge on any atom is -0.330 e. The van der Waals surface area contributed by atoms with Gasteiger partial charge in [0.15, 0.2) is 0 Å². The van der Waals surface area contributed by atoms with Crippen LogP contribution in [0.5, 0.6) is 0 Å². The second-order valence-electron chi connectivity index (χ2n) is 5.94. The molecule has 0 heterocycles. The summed E-state index contributed by atoms with van der Waals surface area (Å²) < 4.78 is 0. The van der Waals surface area contributed by atoms with E-state index in [-0.39, 0.29) is 0 Å². The summed E-state index contributed by atoms with van der Waals surface area (Å²) in [6.45, 7) is 0.821. The summed E-state index contributed by atoms with van der Waals surface area (Å²) in [6.07, 6.45) is 9.47. The van der Waals surface area contributed by atoms with Crippen LogP contribution in [-0.2, 0) is 5.41 Å². The van der Waals surface area contributed by atoms with E-state index in [1.54, 1.807) is 5.56 Å². The Morgan fingerprint density at radius 1 is 1.12 bits per heavy atom. The molecule has 2 N–H and O–H groups in total. The van der Waals surface area contributed by atoms with Gasteiger partial charge in [-0.2, -0.15) is 0 Å². The second-order valence-corrected chi connectivity index (χ2v) is 5.94. The molecular weight excluding hydrogens is 206 g/mol. The van der Waals surface area contributed by atoms with Gasteiger partial charge in [0, 0.05) is 12.0 Å². The minimum absolute atomic E-state index is 0.305. The van der Waals surface area contributed by atoms with Crippen LogP contribution in [0.2, 0.25) is 0 Å². The van der Waals surface area contributed by atoms with Gasteiger partial charge in [0.2, 0.25) is 0 Å². The number of benzene rings is 1. The topological polar surface area (TPSA) is 26.0 Å². The fourth-order valence-corrected chi connectivity index (χ4v) is 3.53. The van der Waals surface area contributed by atoms with E-state index in [0.29, 0.717) is 5.41 Å². The van der Waals surface area contributed by atoms with Crippen molar-refractivity contribution < 1.29 is 0 Å². The summed E-state index contributed by atoms with van der Waals surface area (Å²) in [6, 6.07) is 9.33. The SMILES string of the molecule is NCC1(c2cccc(C3CCC3)c2)CCCC1. The highest BCUT2D eigenvalue weighted by atomic mass is 14.6. The lowest BCUT2D eigenvalue weighted by Gasteiger charge is -2.31. The Bertz CT molecular complexity index is 386. The van der Waals surface area contributed by atoms with Gasteiger partial charge in [0.1, 0.15) is 0 Å². The number of nitrogens with two attached hydrogens (primary N) is 1. The van der Waals surface area contributed by atoms with Crippen molar-refractivity contribution in [2.45, 2.75) is 56.3 Å². The molecule has 92 valence electrons. The molecule has 0 radical (unpaired) electrons. The summed E-state index contributed by atoms with van der Waals surface area (Å²) in [5.41, 5.74) is 9.46. The van der Waals surface area contributed by atoms with Gasteiger partial charge in [-0.05, 0) is 42.7 Å². The Hall–Kier alpha value is -0.820.